The highest BCUT2D eigenvalue weighted by atomic mass is 19.1. The molecule has 1 aromatic carbocycles. The third-order valence-corrected chi connectivity index (χ3v) is 6.35. The molecule has 4 heterocycles. The van der Waals surface area contributed by atoms with E-state index in [2.05, 4.69) is 27.0 Å². The molecule has 1 saturated heterocycles. The molecule has 5 rings (SSSR count). The molecule has 1 fully saturated rings. The van der Waals surface area contributed by atoms with E-state index in [9.17, 15) is 4.39 Å². The number of piperidine rings is 1. The van der Waals surface area contributed by atoms with E-state index in [0.717, 1.165) is 25.1 Å². The Kier molecular flexibility index (Phi) is 5.31. The predicted octanol–water partition coefficient (Wildman–Crippen LogP) is 2.71. The monoisotopic (exact) mass is 467 g/mol. The highest BCUT2D eigenvalue weighted by Crippen LogP contribution is 2.33. The third-order valence-electron chi connectivity index (χ3n) is 6.35. The van der Waals surface area contributed by atoms with Crippen LogP contribution in [0.5, 0.6) is 5.75 Å². The van der Waals surface area contributed by atoms with Gasteiger partial charge in [0.05, 0.1) is 31.1 Å². The molecule has 11 heteroatoms. The maximum atomic E-state index is 14.4. The summed E-state index contributed by atoms with van der Waals surface area (Å²) in [5.41, 5.74) is 14.0. The Morgan fingerprint density at radius 1 is 1.24 bits per heavy atom. The number of hydrogen-bond donors (Lipinski definition) is 2. The summed E-state index contributed by atoms with van der Waals surface area (Å²) in [6, 6.07) is 3.25. The second kappa shape index (κ2) is 8.08. The smallest absolute Gasteiger partial charge is 0.223 e. The van der Waals surface area contributed by atoms with Gasteiger partial charge in [-0.1, -0.05) is 0 Å². The highest BCUT2D eigenvalue weighted by Gasteiger charge is 2.30. The Bertz CT molecular complexity index is 1360. The number of halogens is 1. The molecule has 0 amide bonds. The van der Waals surface area contributed by atoms with Crippen LogP contribution in [0.15, 0.2) is 24.5 Å². The Morgan fingerprint density at radius 3 is 2.76 bits per heavy atom. The number of fused-ring (bicyclic) bond motifs is 3. The molecule has 0 radical (unpaired) electrons. The van der Waals surface area contributed by atoms with Gasteiger partial charge in [-0.25, -0.2) is 14.4 Å². The van der Waals surface area contributed by atoms with Crippen LogP contribution in [0.25, 0.3) is 16.6 Å². The molecule has 2 atom stereocenters. The van der Waals surface area contributed by atoms with Crippen LogP contribution in [-0.2, 0) is 6.54 Å². The fourth-order valence-electron chi connectivity index (χ4n) is 4.66. The number of nitrogen functional groups attached to an aromatic ring is 1. The lowest BCUT2D eigenvalue weighted by Crippen LogP contribution is -2.41. The first kappa shape index (κ1) is 22.3. The number of aromatic nitrogens is 6. The van der Waals surface area contributed by atoms with Crippen LogP contribution >= 0.6 is 0 Å². The lowest BCUT2D eigenvalue weighted by Gasteiger charge is -2.37. The average Bonchev–Trinajstić information content (AvgIpc) is 3.41. The topological polar surface area (TPSA) is 125 Å². The van der Waals surface area contributed by atoms with Crippen molar-refractivity contribution in [1.82, 2.24) is 29.4 Å². The second-order valence-corrected chi connectivity index (χ2v) is 9.84. The largest absolute Gasteiger partial charge is 0.494 e. The van der Waals surface area contributed by atoms with Gasteiger partial charge < -0.3 is 21.1 Å². The van der Waals surface area contributed by atoms with Crippen molar-refractivity contribution >= 4 is 28.2 Å². The van der Waals surface area contributed by atoms with Gasteiger partial charge in [-0.2, -0.15) is 9.61 Å². The Balaban J connectivity index is 1.48. The quantitative estimate of drug-likeness (QED) is 0.459. The second-order valence-electron chi connectivity index (χ2n) is 9.84. The van der Waals surface area contributed by atoms with Crippen LogP contribution in [0.1, 0.15) is 45.4 Å². The van der Waals surface area contributed by atoms with E-state index in [1.165, 1.54) is 23.8 Å². The van der Waals surface area contributed by atoms with Crippen molar-refractivity contribution in [2.75, 3.05) is 24.3 Å². The first-order valence-corrected chi connectivity index (χ1v) is 11.4. The maximum Gasteiger partial charge on any atom is 0.223 e. The highest BCUT2D eigenvalue weighted by molar-refractivity contribution is 5.93. The van der Waals surface area contributed by atoms with Crippen LogP contribution in [0.4, 0.5) is 16.0 Å². The van der Waals surface area contributed by atoms with E-state index in [0.29, 0.717) is 35.0 Å². The summed E-state index contributed by atoms with van der Waals surface area (Å²) in [7, 11) is 1.41. The number of rotatable bonds is 5. The lowest BCUT2D eigenvalue weighted by molar-refractivity contribution is 0.387. The average molecular weight is 468 g/mol. The van der Waals surface area contributed by atoms with Crippen molar-refractivity contribution in [3.05, 3.63) is 36.2 Å². The number of nitrogens with two attached hydrogens (primary N) is 2. The minimum atomic E-state index is -0.483. The number of benzene rings is 1. The van der Waals surface area contributed by atoms with Gasteiger partial charge in [0.2, 0.25) is 5.95 Å². The molecule has 34 heavy (non-hydrogen) atoms. The maximum absolute atomic E-state index is 14.4. The third kappa shape index (κ3) is 4.00. The number of hydrogen-bond acceptors (Lipinski definition) is 8. The van der Waals surface area contributed by atoms with Gasteiger partial charge >= 0.3 is 0 Å². The summed E-state index contributed by atoms with van der Waals surface area (Å²) >= 11 is 0. The normalized spacial score (nSPS) is 19.3. The van der Waals surface area contributed by atoms with Gasteiger partial charge in [0.1, 0.15) is 0 Å². The molecule has 4 N–H and O–H groups in total. The molecule has 0 spiro atoms. The number of ether oxygens (including phenoxy) is 1. The molecule has 180 valence electrons. The molecule has 0 saturated carbocycles. The van der Waals surface area contributed by atoms with Crippen molar-refractivity contribution in [2.24, 2.45) is 5.73 Å². The minimum Gasteiger partial charge on any atom is -0.494 e. The van der Waals surface area contributed by atoms with E-state index in [-0.39, 0.29) is 23.2 Å². The van der Waals surface area contributed by atoms with E-state index in [1.54, 1.807) is 0 Å². The SMILES string of the molecule is COc1cc2nc(N)n3nc(C4CCC(C)N(c5cnn(CC(C)(C)N)c5)C4)nc3c2cc1F. The first-order valence-electron chi connectivity index (χ1n) is 11.4. The summed E-state index contributed by atoms with van der Waals surface area (Å²) in [5.74, 6) is 0.580. The molecule has 10 nitrogen and oxygen atoms in total. The van der Waals surface area contributed by atoms with E-state index >= 15 is 0 Å². The van der Waals surface area contributed by atoms with E-state index in [4.69, 9.17) is 21.2 Å². The summed E-state index contributed by atoms with van der Waals surface area (Å²) in [5, 5.41) is 9.71. The van der Waals surface area contributed by atoms with Crippen molar-refractivity contribution in [3.63, 3.8) is 0 Å². The van der Waals surface area contributed by atoms with Crippen LogP contribution in [0, 0.1) is 5.82 Å². The molecule has 1 aliphatic heterocycles. The van der Waals surface area contributed by atoms with Gasteiger partial charge in [-0.15, -0.1) is 5.10 Å². The summed E-state index contributed by atoms with van der Waals surface area (Å²) in [6.45, 7) is 7.55. The van der Waals surface area contributed by atoms with Gasteiger partial charge in [-0.3, -0.25) is 4.68 Å². The van der Waals surface area contributed by atoms with E-state index < -0.39 is 5.82 Å². The van der Waals surface area contributed by atoms with Crippen LogP contribution in [0.2, 0.25) is 0 Å². The fraction of sp³-hybridized carbons (Fsp3) is 0.478. The van der Waals surface area contributed by atoms with Gasteiger partial charge in [-0.05, 0) is 39.7 Å². The molecule has 0 bridgehead atoms. The molecular formula is C23H30FN9O. The number of methoxy groups -OCH3 is 1. The summed E-state index contributed by atoms with van der Waals surface area (Å²) in [6.07, 6.45) is 5.84. The zero-order chi connectivity index (χ0) is 24.2. The zero-order valence-electron chi connectivity index (χ0n) is 19.9. The Labute approximate surface area is 196 Å². The fourth-order valence-corrected chi connectivity index (χ4v) is 4.66. The molecule has 2 unspecified atom stereocenters. The van der Waals surface area contributed by atoms with Crippen molar-refractivity contribution in [2.45, 2.75) is 57.7 Å². The first-order chi connectivity index (χ1) is 16.1. The molecular weight excluding hydrogens is 437 g/mol. The lowest BCUT2D eigenvalue weighted by atomic mass is 9.92. The van der Waals surface area contributed by atoms with Crippen molar-refractivity contribution < 1.29 is 9.13 Å². The number of anilines is 2. The Hall–Kier alpha value is -3.47. The minimum absolute atomic E-state index is 0.0861. The van der Waals surface area contributed by atoms with Crippen LogP contribution in [0.3, 0.4) is 0 Å². The zero-order valence-corrected chi connectivity index (χ0v) is 19.9. The molecule has 1 aliphatic rings. The van der Waals surface area contributed by atoms with Gasteiger partial charge in [0.25, 0.3) is 0 Å². The summed E-state index contributed by atoms with van der Waals surface area (Å²) in [4.78, 5) is 11.5. The molecule has 3 aromatic heterocycles. The standard InChI is InChI=1S/C23H30FN9O/c1-13-5-6-14(10-32(13)15-9-27-31(11-15)12-23(2,3)26)20-29-21-16-7-17(24)19(34-4)8-18(16)28-22(25)33(21)30-20/h7-9,11,13-14H,5-6,10,12,26H2,1-4H3,(H2,25,28). The van der Waals surface area contributed by atoms with Gasteiger partial charge in [0.15, 0.2) is 23.0 Å². The number of nitrogens with zero attached hydrogens (tertiary/aromatic N) is 7. The molecule has 4 aromatic rings. The Morgan fingerprint density at radius 2 is 2.03 bits per heavy atom. The van der Waals surface area contributed by atoms with Gasteiger partial charge in [0, 0.05) is 41.7 Å². The predicted molar refractivity (Wildman–Crippen MR) is 128 cm³/mol. The van der Waals surface area contributed by atoms with Crippen molar-refractivity contribution in [1.29, 1.82) is 0 Å². The summed E-state index contributed by atoms with van der Waals surface area (Å²) < 4.78 is 22.9. The molecule has 0 aliphatic carbocycles. The van der Waals surface area contributed by atoms with Crippen LogP contribution in [-0.4, -0.2) is 54.6 Å². The van der Waals surface area contributed by atoms with Crippen LogP contribution < -0.4 is 21.1 Å². The van der Waals surface area contributed by atoms with Crippen molar-refractivity contribution in [3.8, 4) is 5.75 Å². The van der Waals surface area contributed by atoms with E-state index in [1.807, 2.05) is 30.9 Å².